The number of hydrogen-bond donors (Lipinski definition) is 0. The number of aryl methyl sites for hydroxylation is 1. The number of benzene rings is 2. The number of rotatable bonds is 40. The van der Waals surface area contributed by atoms with Crippen LogP contribution in [0, 0.1) is 0 Å². The second-order valence-corrected chi connectivity index (χ2v) is 19.0. The van der Waals surface area contributed by atoms with Gasteiger partial charge in [0.05, 0.1) is 4.90 Å². The second-order valence-electron chi connectivity index (χ2n) is 17.7. The molecule has 0 heterocycles. The van der Waals surface area contributed by atoms with Crippen molar-refractivity contribution in [3.05, 3.63) is 41.0 Å². The number of unbranched alkanes of at least 4 members (excludes halogenated alkanes) is 33. The average Bonchev–Trinajstić information content (AvgIpc) is 3.19. The SMILES string of the molecule is CCCCCCCCCCCCCCc1c(CCCCCCCCCCCCCC)c(S(=O)(=O)[O-])c2ccccc2c1CCCCCCCCCCCCCC.[Na+]. The molecule has 0 aliphatic carbocycles. The van der Waals surface area contributed by atoms with E-state index in [1.165, 1.54) is 217 Å². The zero-order valence-electron chi connectivity index (χ0n) is 38.5. The monoisotopic (exact) mass is 819 g/mol. The maximum Gasteiger partial charge on any atom is 1.00 e. The fourth-order valence-electron chi connectivity index (χ4n) is 9.15. The fraction of sp³-hybridized carbons (Fsp3) is 0.808. The minimum atomic E-state index is -4.62. The Morgan fingerprint density at radius 1 is 0.351 bits per heavy atom. The molecule has 57 heavy (non-hydrogen) atoms. The van der Waals surface area contributed by atoms with E-state index in [1.54, 1.807) is 0 Å². The van der Waals surface area contributed by atoms with Crippen molar-refractivity contribution in [1.29, 1.82) is 0 Å². The third kappa shape index (κ3) is 25.9. The molecule has 0 aromatic heterocycles. The topological polar surface area (TPSA) is 57.2 Å². The van der Waals surface area contributed by atoms with Gasteiger partial charge in [-0.1, -0.05) is 257 Å². The molecule has 2 aromatic carbocycles. The summed E-state index contributed by atoms with van der Waals surface area (Å²) in [6.45, 7) is 6.85. The van der Waals surface area contributed by atoms with Crippen LogP contribution in [0.25, 0.3) is 10.8 Å². The van der Waals surface area contributed by atoms with E-state index in [4.69, 9.17) is 0 Å². The van der Waals surface area contributed by atoms with Crippen LogP contribution in [0.3, 0.4) is 0 Å². The van der Waals surface area contributed by atoms with Crippen LogP contribution < -0.4 is 29.6 Å². The quantitative estimate of drug-likeness (QED) is 0.0382. The van der Waals surface area contributed by atoms with Crippen LogP contribution >= 0.6 is 0 Å². The van der Waals surface area contributed by atoms with Gasteiger partial charge in [0.25, 0.3) is 0 Å². The van der Waals surface area contributed by atoms with Gasteiger partial charge in [-0.15, -0.1) is 0 Å². The molecule has 0 amide bonds. The van der Waals surface area contributed by atoms with Crippen LogP contribution in [0.15, 0.2) is 29.2 Å². The normalized spacial score (nSPS) is 11.8. The molecule has 0 atom stereocenters. The van der Waals surface area contributed by atoms with E-state index < -0.39 is 10.1 Å². The first-order valence-electron chi connectivity index (χ1n) is 25.0. The van der Waals surface area contributed by atoms with Crippen LogP contribution in [-0.4, -0.2) is 13.0 Å². The molecule has 0 spiro atoms. The van der Waals surface area contributed by atoms with Gasteiger partial charge in [0.2, 0.25) is 0 Å². The minimum absolute atomic E-state index is 0. The summed E-state index contributed by atoms with van der Waals surface area (Å²) in [7, 11) is -4.62. The molecule has 0 aliphatic rings. The van der Waals surface area contributed by atoms with Crippen molar-refractivity contribution < 1.29 is 42.5 Å². The van der Waals surface area contributed by atoms with E-state index in [0.29, 0.717) is 11.8 Å². The van der Waals surface area contributed by atoms with E-state index in [-0.39, 0.29) is 34.5 Å². The molecule has 0 saturated heterocycles. The summed E-state index contributed by atoms with van der Waals surface area (Å²) in [5.41, 5.74) is 3.44. The van der Waals surface area contributed by atoms with Crippen molar-refractivity contribution in [2.24, 2.45) is 0 Å². The largest absolute Gasteiger partial charge is 1.00 e. The zero-order chi connectivity index (χ0) is 40.4. The Balaban J connectivity index is 0.0000162. The van der Waals surface area contributed by atoms with Crippen LogP contribution in [0.4, 0.5) is 0 Å². The smallest absolute Gasteiger partial charge is 0.744 e. The summed E-state index contributed by atoms with van der Waals surface area (Å²) in [6.07, 6.45) is 49.6. The van der Waals surface area contributed by atoms with Crippen LogP contribution in [0.2, 0.25) is 0 Å². The van der Waals surface area contributed by atoms with Gasteiger partial charge >= 0.3 is 29.6 Å². The molecule has 2 rings (SSSR count). The average molecular weight is 819 g/mol. The molecule has 324 valence electrons. The first-order chi connectivity index (χ1) is 27.5. The van der Waals surface area contributed by atoms with Crippen molar-refractivity contribution in [1.82, 2.24) is 0 Å². The molecular formula is C52H91NaO3S. The summed E-state index contributed by atoms with van der Waals surface area (Å²) in [5, 5.41) is 1.68. The zero-order valence-corrected chi connectivity index (χ0v) is 41.3. The van der Waals surface area contributed by atoms with Crippen LogP contribution in [0.5, 0.6) is 0 Å². The Bertz CT molecular complexity index is 1320. The maximum absolute atomic E-state index is 13.1. The molecule has 2 aromatic rings. The van der Waals surface area contributed by atoms with Crippen molar-refractivity contribution in [3.63, 3.8) is 0 Å². The number of hydrogen-bond acceptors (Lipinski definition) is 3. The van der Waals surface area contributed by atoms with Gasteiger partial charge in [0, 0.05) is 0 Å². The predicted molar refractivity (Wildman–Crippen MR) is 246 cm³/mol. The molecule has 3 nitrogen and oxygen atoms in total. The van der Waals surface area contributed by atoms with Gasteiger partial charge in [-0.05, 0) is 66.0 Å². The van der Waals surface area contributed by atoms with Gasteiger partial charge in [0.1, 0.15) is 10.1 Å². The Kier molecular flexibility index (Phi) is 35.8. The summed E-state index contributed by atoms with van der Waals surface area (Å²) in [5.74, 6) is 0. The summed E-state index contributed by atoms with van der Waals surface area (Å²) < 4.78 is 39.4. The summed E-state index contributed by atoms with van der Waals surface area (Å²) in [6, 6.07) is 7.96. The molecule has 0 aliphatic heterocycles. The Hall–Kier alpha value is -0.390. The van der Waals surface area contributed by atoms with Crippen LogP contribution in [-0.2, 0) is 29.4 Å². The Labute approximate surface area is 377 Å². The van der Waals surface area contributed by atoms with E-state index in [0.717, 1.165) is 49.5 Å². The van der Waals surface area contributed by atoms with Crippen LogP contribution in [0.1, 0.15) is 269 Å². The third-order valence-electron chi connectivity index (χ3n) is 12.6. The molecule has 0 N–H and O–H groups in total. The van der Waals surface area contributed by atoms with Crippen molar-refractivity contribution in [3.8, 4) is 0 Å². The molecule has 0 unspecified atom stereocenters. The first-order valence-corrected chi connectivity index (χ1v) is 26.4. The number of fused-ring (bicyclic) bond motifs is 1. The van der Waals surface area contributed by atoms with Crippen molar-refractivity contribution >= 4 is 20.9 Å². The molecule has 0 bridgehead atoms. The van der Waals surface area contributed by atoms with Gasteiger partial charge in [-0.2, -0.15) is 0 Å². The summed E-state index contributed by atoms with van der Waals surface area (Å²) >= 11 is 0. The Morgan fingerprint density at radius 3 is 0.895 bits per heavy atom. The molecule has 5 heteroatoms. The van der Waals surface area contributed by atoms with Crippen molar-refractivity contribution in [2.45, 2.75) is 276 Å². The summed E-state index contributed by atoms with van der Waals surface area (Å²) in [4.78, 5) is 0.101. The van der Waals surface area contributed by atoms with E-state index in [2.05, 4.69) is 26.8 Å². The molecular weight excluding hydrogens is 728 g/mol. The first kappa shape index (κ1) is 54.6. The van der Waals surface area contributed by atoms with Gasteiger partial charge in [-0.3, -0.25) is 0 Å². The second kappa shape index (κ2) is 37.4. The van der Waals surface area contributed by atoms with E-state index in [1.807, 2.05) is 18.2 Å². The maximum atomic E-state index is 13.1. The molecule has 0 saturated carbocycles. The van der Waals surface area contributed by atoms with E-state index in [9.17, 15) is 13.0 Å². The fourth-order valence-corrected chi connectivity index (χ4v) is 10.1. The van der Waals surface area contributed by atoms with E-state index >= 15 is 0 Å². The van der Waals surface area contributed by atoms with Crippen molar-refractivity contribution in [2.75, 3.05) is 0 Å². The Morgan fingerprint density at radius 2 is 0.596 bits per heavy atom. The van der Waals surface area contributed by atoms with Gasteiger partial charge < -0.3 is 4.55 Å². The molecule has 0 radical (unpaired) electrons. The van der Waals surface area contributed by atoms with Gasteiger partial charge in [-0.25, -0.2) is 8.42 Å². The predicted octanol–water partition coefficient (Wildman–Crippen LogP) is 14.5. The standard InChI is InChI=1S/C52H92O3S.Na/c1-4-7-10-13-16-19-22-25-28-31-34-37-42-47-48(43-38-35-32-29-26-23-20-17-14-11-8-5-2)50(52(56(53,54)55)51-46-41-40-44-49(47)51)45-39-36-33-30-27-24-21-18-15-12-9-6-3;/h40-41,44,46H,4-39,42-43,45H2,1-3H3,(H,53,54,55);/q;+1/p-1. The third-order valence-corrected chi connectivity index (χ3v) is 13.6. The van der Waals surface area contributed by atoms with Gasteiger partial charge in [0.15, 0.2) is 0 Å². The molecule has 0 fully saturated rings. The minimum Gasteiger partial charge on any atom is -0.744 e.